The van der Waals surface area contributed by atoms with Crippen molar-refractivity contribution in [1.82, 2.24) is 29.4 Å². The smallest absolute Gasteiger partial charge is 0.255 e. The van der Waals surface area contributed by atoms with Crippen LogP contribution >= 0.6 is 0 Å². The van der Waals surface area contributed by atoms with Crippen LogP contribution in [0.1, 0.15) is 369 Å². The number of hydrogen-bond donors (Lipinski definition) is 0. The predicted molar refractivity (Wildman–Crippen MR) is 496 cm³/mol. The van der Waals surface area contributed by atoms with Crippen molar-refractivity contribution >= 4 is 105 Å². The van der Waals surface area contributed by atoms with E-state index >= 15 is 0 Å². The first kappa shape index (κ1) is 100. The maximum atomic E-state index is 14.3. The molecule has 6 heterocycles. The van der Waals surface area contributed by atoms with Crippen molar-refractivity contribution in [3.63, 3.8) is 0 Å². The number of Topliss-reactive ketones (excluding diaryl/α,β-unsaturated/α-hetero) is 12. The van der Waals surface area contributed by atoms with E-state index in [1.54, 1.807) is 32.9 Å². The van der Waals surface area contributed by atoms with Crippen LogP contribution in [0.15, 0.2) is 91.0 Å². The first-order valence-electron chi connectivity index (χ1n) is 46.9. The Bertz CT molecular complexity index is 5820. The Labute approximate surface area is 786 Å². The Morgan fingerprint density at radius 2 is 0.481 bits per heavy atom. The van der Waals surface area contributed by atoms with E-state index in [-0.39, 0.29) is 183 Å². The molecular formula is C108H123F3N6O18. The fraction of sp³-hybridized carbons (Fsp3) is 0.500. The Morgan fingerprint density at radius 3 is 0.800 bits per heavy atom. The van der Waals surface area contributed by atoms with Gasteiger partial charge in [0.05, 0.1) is 74.8 Å². The summed E-state index contributed by atoms with van der Waals surface area (Å²) in [5.41, 5.74) is 12.3. The lowest BCUT2D eigenvalue weighted by Crippen LogP contribution is -2.44. The van der Waals surface area contributed by atoms with E-state index in [0.717, 1.165) is 38.9 Å². The molecule has 0 spiro atoms. The Balaban J connectivity index is 0.000000137. The van der Waals surface area contributed by atoms with Gasteiger partial charge >= 0.3 is 0 Å². The van der Waals surface area contributed by atoms with Crippen molar-refractivity contribution < 1.29 is 99.5 Å². The van der Waals surface area contributed by atoms with Crippen LogP contribution in [0.5, 0.6) is 0 Å². The monoisotopic (exact) mass is 1850 g/mol. The van der Waals surface area contributed by atoms with Gasteiger partial charge in [0.1, 0.15) is 52.2 Å². The molecule has 12 aliphatic rings. The molecule has 6 amide bonds. The molecule has 0 bridgehead atoms. The SMILES string of the molecule is CC(C)(C)c1cc2c(cc1F)C(=O)N(C1CCC(=O)CC1=O)C2.CC(C)(C)c1cc2c(cc1F)C(=O)N([C@H]1CCC(=O)CC1=O)C2.CC(C)(C)c1cc2c(cc1F)CN(C1CCC(=O)CC1=O)C2=O.CC(C)(C)c1ccc2c(c1)C(=O)N(C1CCC(=O)CC1=O)C2.CC(C)(C)c1ccc2c(c1)CN([C@H]1CCC(=O)CC1=O)C2=O.CC(C)(C)c1cccc2c1CN(C1CCC(=O)CC1=O)C2=O. The summed E-state index contributed by atoms with van der Waals surface area (Å²) < 4.78 is 43.0. The van der Waals surface area contributed by atoms with Gasteiger partial charge in [-0.1, -0.05) is 161 Å². The van der Waals surface area contributed by atoms with E-state index in [9.17, 15) is 99.5 Å². The van der Waals surface area contributed by atoms with Gasteiger partial charge in [0.2, 0.25) is 0 Å². The highest BCUT2D eigenvalue weighted by Gasteiger charge is 2.48. The van der Waals surface area contributed by atoms with Crippen LogP contribution in [-0.4, -0.2) is 170 Å². The third-order valence-corrected chi connectivity index (χ3v) is 27.8. The third kappa shape index (κ3) is 21.5. The minimum absolute atomic E-state index is 0.0132. The number of fused-ring (bicyclic) bond motifs is 6. The predicted octanol–water partition coefficient (Wildman–Crippen LogP) is 16.2. The summed E-state index contributed by atoms with van der Waals surface area (Å²) in [6, 6.07) is 23.8. The van der Waals surface area contributed by atoms with E-state index in [1.807, 2.05) is 98.7 Å². The van der Waals surface area contributed by atoms with Crippen LogP contribution in [-0.2, 0) is 129 Å². The van der Waals surface area contributed by atoms with E-state index in [2.05, 4.69) is 80.5 Å². The van der Waals surface area contributed by atoms with Gasteiger partial charge in [-0.3, -0.25) is 86.3 Å². The normalized spacial score (nSPS) is 22.0. The molecular weight excluding hydrogens is 1730 g/mol. The molecule has 6 aliphatic heterocycles. The van der Waals surface area contributed by atoms with Gasteiger partial charge in [-0.25, -0.2) is 13.2 Å². The van der Waals surface area contributed by atoms with Crippen LogP contribution in [0.25, 0.3) is 0 Å². The summed E-state index contributed by atoms with van der Waals surface area (Å²) >= 11 is 0. The van der Waals surface area contributed by atoms with Gasteiger partial charge < -0.3 is 29.4 Å². The maximum Gasteiger partial charge on any atom is 0.255 e. The Morgan fingerprint density at radius 1 is 0.230 bits per heavy atom. The molecule has 135 heavy (non-hydrogen) atoms. The van der Waals surface area contributed by atoms with Crippen LogP contribution < -0.4 is 0 Å². The second-order valence-corrected chi connectivity index (χ2v) is 44.1. The number of amides is 6. The lowest BCUT2D eigenvalue weighted by Gasteiger charge is -2.29. The summed E-state index contributed by atoms with van der Waals surface area (Å²) in [6.45, 7) is 38.6. The number of carbonyl (C=O) groups is 18. The number of ketones is 12. The molecule has 27 heteroatoms. The second kappa shape index (κ2) is 38.3. The highest BCUT2D eigenvalue weighted by Crippen LogP contribution is 2.43. The minimum Gasteiger partial charge on any atom is -0.324 e. The fourth-order valence-electron chi connectivity index (χ4n) is 20.1. The first-order valence-corrected chi connectivity index (χ1v) is 46.9. The fourth-order valence-corrected chi connectivity index (χ4v) is 20.1. The molecule has 6 aliphatic carbocycles. The molecule has 6 aromatic rings. The largest absolute Gasteiger partial charge is 0.324 e. The molecule has 714 valence electrons. The number of hydrogen-bond acceptors (Lipinski definition) is 18. The van der Waals surface area contributed by atoms with Crippen molar-refractivity contribution in [2.45, 2.75) is 348 Å². The highest BCUT2D eigenvalue weighted by molar-refractivity contribution is 6.13. The van der Waals surface area contributed by atoms with Gasteiger partial charge in [-0.2, -0.15) is 0 Å². The van der Waals surface area contributed by atoms with Gasteiger partial charge in [0.15, 0.2) is 34.7 Å². The number of halogens is 3. The molecule has 18 rings (SSSR count). The van der Waals surface area contributed by atoms with E-state index < -0.39 is 53.3 Å². The molecule has 0 radical (unpaired) electrons. The summed E-state index contributed by atoms with van der Waals surface area (Å²) in [5, 5.41) is 0. The zero-order chi connectivity index (χ0) is 99.0. The van der Waals surface area contributed by atoms with Crippen LogP contribution in [0, 0.1) is 17.5 Å². The van der Waals surface area contributed by atoms with Crippen LogP contribution in [0.4, 0.5) is 13.2 Å². The maximum absolute atomic E-state index is 14.3. The minimum atomic E-state index is -0.561. The number of rotatable bonds is 6. The lowest BCUT2D eigenvalue weighted by atomic mass is 9.83. The van der Waals surface area contributed by atoms with Crippen molar-refractivity contribution in [3.8, 4) is 0 Å². The van der Waals surface area contributed by atoms with Crippen molar-refractivity contribution in [2.75, 3.05) is 0 Å². The van der Waals surface area contributed by atoms with Crippen molar-refractivity contribution in [2.24, 2.45) is 0 Å². The highest BCUT2D eigenvalue weighted by atomic mass is 19.1. The number of nitrogens with zero attached hydrogens (tertiary/aromatic N) is 6. The first-order chi connectivity index (χ1) is 62.9. The molecule has 0 saturated heterocycles. The topological polar surface area (TPSA) is 327 Å². The summed E-state index contributed by atoms with van der Waals surface area (Å²) in [6.07, 6.45) is 4.21. The van der Waals surface area contributed by atoms with Gasteiger partial charge in [0.25, 0.3) is 35.4 Å². The number of benzene rings is 6. The number of carbonyl (C=O) groups excluding carboxylic acids is 18. The molecule has 6 saturated carbocycles. The summed E-state index contributed by atoms with van der Waals surface area (Å²) in [7, 11) is 0. The lowest BCUT2D eigenvalue weighted by molar-refractivity contribution is -0.134. The molecule has 0 aromatic heterocycles. The van der Waals surface area contributed by atoms with Gasteiger partial charge in [-0.15, -0.1) is 0 Å². The molecule has 6 atom stereocenters. The molecule has 0 N–H and O–H groups in total. The van der Waals surface area contributed by atoms with E-state index in [1.165, 1.54) is 38.5 Å². The quantitative estimate of drug-likeness (QED) is 0.140. The van der Waals surface area contributed by atoms with Crippen molar-refractivity contribution in [1.29, 1.82) is 0 Å². The molecule has 4 unspecified atom stereocenters. The molecule has 6 fully saturated rings. The van der Waals surface area contributed by atoms with Crippen LogP contribution in [0.2, 0.25) is 0 Å². The zero-order valence-electron chi connectivity index (χ0n) is 80.8. The standard InChI is InChI=1S/3C18H20FNO3.3C18H21NO3/c1-18(2,3)13-8-12-10(6-14(13)19)9-20(17(12)23)15-5-4-11(21)7-16(15)22;2*1-18(2,3)13-6-10-9-20(17(23)12(10)8-14(13)19)15-5-4-11(21)7-16(15)22;1-18(2,3)12-4-6-14-11(8-12)10-19(17(14)22)15-7-5-13(20)9-16(15)21;1-18(2,3)12-5-4-11-10-19(17(22)14(11)8-12)15-7-6-13(20)9-16(15)21;1-18(2,3)14-6-4-5-12-13(14)10-19(17(12)22)15-8-7-11(20)9-16(15)21/h3*6,8,15H,4-5,7,9H2,1-3H3;4,6,8,15H,5,7,9-10H2,1-3H3;4-5,8,15H,6-7,9-10H2,1-3H3;4-6,15H,7-10H2,1-3H3/t;15-;;15-;;/m.0.0../s1. The van der Waals surface area contributed by atoms with Crippen LogP contribution in [0.3, 0.4) is 0 Å². The Kier molecular flexibility index (Phi) is 28.5. The zero-order valence-corrected chi connectivity index (χ0v) is 80.8. The van der Waals surface area contributed by atoms with Crippen molar-refractivity contribution in [3.05, 3.63) is 209 Å². The average molecular weight is 1850 g/mol. The molecule has 24 nitrogen and oxygen atoms in total. The average Bonchev–Trinajstić information content (AvgIpc) is 1.64. The third-order valence-electron chi connectivity index (χ3n) is 27.8. The summed E-state index contributed by atoms with van der Waals surface area (Å²) in [4.78, 5) is 226. The van der Waals surface area contributed by atoms with Gasteiger partial charge in [0, 0.05) is 111 Å². The Hall–Kier alpha value is -12.0. The van der Waals surface area contributed by atoms with E-state index in [0.29, 0.717) is 165 Å². The van der Waals surface area contributed by atoms with Gasteiger partial charge in [-0.05, 0) is 192 Å². The second-order valence-electron chi connectivity index (χ2n) is 44.1. The summed E-state index contributed by atoms with van der Waals surface area (Å²) in [5.74, 6) is -3.44. The van der Waals surface area contributed by atoms with E-state index in [4.69, 9.17) is 0 Å². The molecule has 6 aromatic carbocycles.